The summed E-state index contributed by atoms with van der Waals surface area (Å²) in [6.07, 6.45) is 3.98. The number of carbonyl (C=O) groups is 1. The van der Waals surface area contributed by atoms with E-state index in [0.717, 1.165) is 0 Å². The number of sulfonamides is 1. The standard InChI is InChI=1S/C16H16FN3O4S/c17-13-3-1-2-4-15(13)19-9-11(8-18-19)25(23,24)20-10-5-6-14(20)12(7-10)16(21)22/h1-4,8-10,12,14H,5-7H2,(H,21,22). The number of nitrogens with zero attached hydrogens (tertiary/aromatic N) is 3. The second-order valence-electron chi connectivity index (χ2n) is 6.39. The van der Waals surface area contributed by atoms with Crippen molar-refractivity contribution in [1.82, 2.24) is 14.1 Å². The predicted molar refractivity (Wildman–Crippen MR) is 85.1 cm³/mol. The third kappa shape index (κ3) is 2.46. The Morgan fingerprint density at radius 3 is 2.72 bits per heavy atom. The first-order valence-electron chi connectivity index (χ1n) is 7.95. The lowest BCUT2D eigenvalue weighted by Gasteiger charge is -2.21. The van der Waals surface area contributed by atoms with Crippen LogP contribution in [0.2, 0.25) is 0 Å². The molecular weight excluding hydrogens is 349 g/mol. The molecule has 3 unspecified atom stereocenters. The Bertz CT molecular complexity index is 942. The molecule has 2 aliphatic rings. The summed E-state index contributed by atoms with van der Waals surface area (Å²) in [5.74, 6) is -2.15. The van der Waals surface area contributed by atoms with Crippen LogP contribution in [0.3, 0.4) is 0 Å². The molecule has 0 amide bonds. The Balaban J connectivity index is 1.69. The van der Waals surface area contributed by atoms with Gasteiger partial charge in [0.05, 0.1) is 18.3 Å². The van der Waals surface area contributed by atoms with Gasteiger partial charge in [0.2, 0.25) is 10.0 Å². The highest BCUT2D eigenvalue weighted by atomic mass is 32.2. The first-order chi connectivity index (χ1) is 11.9. The van der Waals surface area contributed by atoms with Gasteiger partial charge in [0, 0.05) is 12.1 Å². The Morgan fingerprint density at radius 1 is 1.28 bits per heavy atom. The smallest absolute Gasteiger partial charge is 0.308 e. The predicted octanol–water partition coefficient (Wildman–Crippen LogP) is 1.64. The number of carboxylic acids is 1. The molecule has 0 aliphatic carbocycles. The molecule has 4 rings (SSSR count). The molecule has 2 saturated heterocycles. The van der Waals surface area contributed by atoms with Crippen molar-refractivity contribution < 1.29 is 22.7 Å². The maximum atomic E-state index is 13.9. The molecule has 1 aromatic heterocycles. The van der Waals surface area contributed by atoms with Gasteiger partial charge in [-0.15, -0.1) is 0 Å². The van der Waals surface area contributed by atoms with Crippen LogP contribution in [0.25, 0.3) is 5.69 Å². The zero-order valence-electron chi connectivity index (χ0n) is 13.1. The van der Waals surface area contributed by atoms with E-state index in [-0.39, 0.29) is 16.6 Å². The Hall–Kier alpha value is -2.26. The molecule has 0 radical (unpaired) electrons. The highest BCUT2D eigenvalue weighted by molar-refractivity contribution is 7.89. The third-order valence-corrected chi connectivity index (χ3v) is 6.95. The van der Waals surface area contributed by atoms with E-state index in [0.29, 0.717) is 19.3 Å². The molecule has 1 N–H and O–H groups in total. The van der Waals surface area contributed by atoms with Crippen LogP contribution in [-0.2, 0) is 14.8 Å². The number of benzene rings is 1. The molecule has 3 atom stereocenters. The molecule has 3 heterocycles. The Labute approximate surface area is 143 Å². The van der Waals surface area contributed by atoms with Gasteiger partial charge in [-0.1, -0.05) is 12.1 Å². The molecule has 0 spiro atoms. The molecule has 2 fully saturated rings. The van der Waals surface area contributed by atoms with Gasteiger partial charge in [0.15, 0.2) is 0 Å². The number of hydrogen-bond acceptors (Lipinski definition) is 4. The van der Waals surface area contributed by atoms with Gasteiger partial charge >= 0.3 is 5.97 Å². The molecule has 9 heteroatoms. The first kappa shape index (κ1) is 16.2. The lowest BCUT2D eigenvalue weighted by molar-refractivity contribution is -0.142. The van der Waals surface area contributed by atoms with Crippen molar-refractivity contribution in [3.8, 4) is 5.69 Å². The normalized spacial score (nSPS) is 26.2. The summed E-state index contributed by atoms with van der Waals surface area (Å²) in [6, 6.07) is 5.11. The molecule has 2 aromatic rings. The minimum atomic E-state index is -3.88. The van der Waals surface area contributed by atoms with Crippen LogP contribution in [-0.4, -0.2) is 45.7 Å². The van der Waals surface area contributed by atoms with Gasteiger partial charge < -0.3 is 5.11 Å². The van der Waals surface area contributed by atoms with Crippen molar-refractivity contribution in [3.63, 3.8) is 0 Å². The minimum Gasteiger partial charge on any atom is -0.481 e. The molecule has 2 bridgehead atoms. The van der Waals surface area contributed by atoms with Crippen molar-refractivity contribution in [2.24, 2.45) is 5.92 Å². The molecule has 7 nitrogen and oxygen atoms in total. The van der Waals surface area contributed by atoms with Crippen LogP contribution in [0, 0.1) is 11.7 Å². The minimum absolute atomic E-state index is 0.0568. The monoisotopic (exact) mass is 365 g/mol. The zero-order valence-corrected chi connectivity index (χ0v) is 13.9. The van der Waals surface area contributed by atoms with E-state index in [1.807, 2.05) is 0 Å². The lowest BCUT2D eigenvalue weighted by atomic mass is 9.89. The summed E-state index contributed by atoms with van der Waals surface area (Å²) >= 11 is 0. The quantitative estimate of drug-likeness (QED) is 0.889. The van der Waals surface area contributed by atoms with Crippen LogP contribution < -0.4 is 0 Å². The van der Waals surface area contributed by atoms with Gasteiger partial charge in [0.25, 0.3) is 0 Å². The van der Waals surface area contributed by atoms with E-state index in [4.69, 9.17) is 0 Å². The van der Waals surface area contributed by atoms with Crippen molar-refractivity contribution in [3.05, 3.63) is 42.5 Å². The van der Waals surface area contributed by atoms with E-state index in [1.54, 1.807) is 6.07 Å². The first-order valence-corrected chi connectivity index (χ1v) is 9.39. The highest BCUT2D eigenvalue weighted by Gasteiger charge is 2.54. The van der Waals surface area contributed by atoms with Crippen molar-refractivity contribution >= 4 is 16.0 Å². The second-order valence-corrected chi connectivity index (χ2v) is 8.23. The highest BCUT2D eigenvalue weighted by Crippen LogP contribution is 2.45. The summed E-state index contributed by atoms with van der Waals surface area (Å²) in [5, 5.41) is 13.3. The fourth-order valence-electron chi connectivity index (χ4n) is 3.91. The number of aromatic nitrogens is 2. The lowest BCUT2D eigenvalue weighted by Crippen LogP contribution is -2.37. The van der Waals surface area contributed by atoms with E-state index in [2.05, 4.69) is 5.10 Å². The number of para-hydroxylation sites is 1. The summed E-state index contributed by atoms with van der Waals surface area (Å²) in [4.78, 5) is 11.3. The number of halogens is 1. The average Bonchev–Trinajstić information content (AvgIpc) is 3.29. The average molecular weight is 365 g/mol. The van der Waals surface area contributed by atoms with Gasteiger partial charge in [-0.2, -0.15) is 9.40 Å². The summed E-state index contributed by atoms with van der Waals surface area (Å²) in [7, 11) is -3.88. The Morgan fingerprint density at radius 2 is 2.04 bits per heavy atom. The van der Waals surface area contributed by atoms with Crippen LogP contribution in [0.1, 0.15) is 19.3 Å². The largest absolute Gasteiger partial charge is 0.481 e. The molecule has 0 saturated carbocycles. The topological polar surface area (TPSA) is 92.5 Å². The van der Waals surface area contributed by atoms with E-state index < -0.39 is 33.8 Å². The molecular formula is C16H16FN3O4S. The summed E-state index contributed by atoms with van der Waals surface area (Å²) < 4.78 is 42.3. The fraction of sp³-hybridized carbons (Fsp3) is 0.375. The number of fused-ring (bicyclic) bond motifs is 2. The molecule has 1 aromatic carbocycles. The van der Waals surface area contributed by atoms with Gasteiger partial charge in [0.1, 0.15) is 16.4 Å². The third-order valence-electron chi connectivity index (χ3n) is 5.02. The van der Waals surface area contributed by atoms with Gasteiger partial charge in [-0.05, 0) is 31.4 Å². The van der Waals surface area contributed by atoms with Crippen LogP contribution in [0.4, 0.5) is 4.39 Å². The van der Waals surface area contributed by atoms with Crippen molar-refractivity contribution in [1.29, 1.82) is 0 Å². The molecule has 2 aliphatic heterocycles. The maximum Gasteiger partial charge on any atom is 0.308 e. The van der Waals surface area contributed by atoms with E-state index in [1.165, 1.54) is 39.6 Å². The fourth-order valence-corrected chi connectivity index (χ4v) is 5.76. The Kier molecular flexibility index (Phi) is 3.66. The number of aliphatic carboxylic acids is 1. The van der Waals surface area contributed by atoms with Crippen molar-refractivity contribution in [2.75, 3.05) is 0 Å². The second kappa shape index (κ2) is 5.63. The summed E-state index contributed by atoms with van der Waals surface area (Å²) in [6.45, 7) is 0. The SMILES string of the molecule is O=C(O)C1CC2CCC1N2S(=O)(=O)c1cnn(-c2ccccc2F)c1. The van der Waals surface area contributed by atoms with E-state index in [9.17, 15) is 22.7 Å². The maximum absolute atomic E-state index is 13.9. The number of carboxylic acid groups (broad SMARTS) is 1. The summed E-state index contributed by atoms with van der Waals surface area (Å²) in [5.41, 5.74) is 0.150. The zero-order chi connectivity index (χ0) is 17.8. The molecule has 132 valence electrons. The molecule has 25 heavy (non-hydrogen) atoms. The van der Waals surface area contributed by atoms with Gasteiger partial charge in [-0.25, -0.2) is 17.5 Å². The van der Waals surface area contributed by atoms with Crippen LogP contribution >= 0.6 is 0 Å². The van der Waals surface area contributed by atoms with E-state index >= 15 is 0 Å². The number of rotatable bonds is 4. The van der Waals surface area contributed by atoms with Crippen molar-refractivity contribution in [2.45, 2.75) is 36.2 Å². The van der Waals surface area contributed by atoms with Gasteiger partial charge in [-0.3, -0.25) is 4.79 Å². The number of hydrogen-bond donors (Lipinski definition) is 1. The van der Waals surface area contributed by atoms with Crippen LogP contribution in [0.5, 0.6) is 0 Å². The van der Waals surface area contributed by atoms with Crippen LogP contribution in [0.15, 0.2) is 41.6 Å².